The van der Waals surface area contributed by atoms with Crippen LogP contribution in [0.5, 0.6) is 0 Å². The highest BCUT2D eigenvalue weighted by atomic mass is 127. The summed E-state index contributed by atoms with van der Waals surface area (Å²) in [5.41, 5.74) is 8.92. The number of sulfonamides is 1. The van der Waals surface area contributed by atoms with Crippen LogP contribution in [-0.4, -0.2) is 21.4 Å². The molecule has 0 atom stereocenters. The lowest BCUT2D eigenvalue weighted by Gasteiger charge is -2.10. The Morgan fingerprint density at radius 1 is 1.15 bits per heavy atom. The number of nitrogens with one attached hydrogen (secondary N) is 2. The van der Waals surface area contributed by atoms with Gasteiger partial charge in [-0.2, -0.15) is 0 Å². The number of rotatable bonds is 6. The summed E-state index contributed by atoms with van der Waals surface area (Å²) >= 11 is 0. The summed E-state index contributed by atoms with van der Waals surface area (Å²) in [6.45, 7) is 4.63. The molecule has 0 aliphatic carbocycles. The maximum absolute atomic E-state index is 11.7. The van der Waals surface area contributed by atoms with Crippen molar-refractivity contribution in [2.24, 2.45) is 10.7 Å². The first-order valence-electron chi connectivity index (χ1n) is 8.01. The number of hydrogen-bond acceptors (Lipinski definition) is 3. The van der Waals surface area contributed by atoms with Crippen LogP contribution in [0, 0.1) is 0 Å². The van der Waals surface area contributed by atoms with Gasteiger partial charge in [-0.3, -0.25) is 0 Å². The van der Waals surface area contributed by atoms with Gasteiger partial charge in [-0.25, -0.2) is 18.1 Å². The van der Waals surface area contributed by atoms with Gasteiger partial charge in [0.2, 0.25) is 10.0 Å². The first kappa shape index (κ1) is 22.4. The Balaban J connectivity index is 0.00000338. The largest absolute Gasteiger partial charge is 0.370 e. The lowest BCUT2D eigenvalue weighted by atomic mass is 10.0. The van der Waals surface area contributed by atoms with Crippen molar-refractivity contribution in [3.05, 3.63) is 59.7 Å². The molecule has 0 amide bonds. The molecular formula is C18H25IN4O2S. The van der Waals surface area contributed by atoms with E-state index in [1.165, 1.54) is 12.6 Å². The Morgan fingerprint density at radius 2 is 1.81 bits per heavy atom. The van der Waals surface area contributed by atoms with Gasteiger partial charge < -0.3 is 11.1 Å². The summed E-state index contributed by atoms with van der Waals surface area (Å²) in [4.78, 5) is 4.52. The second-order valence-corrected chi connectivity index (χ2v) is 7.84. The molecule has 2 aromatic rings. The van der Waals surface area contributed by atoms with Crippen LogP contribution in [0.15, 0.2) is 58.4 Å². The molecular weight excluding hydrogens is 463 g/mol. The van der Waals surface area contributed by atoms with Gasteiger partial charge in [0, 0.05) is 5.69 Å². The highest BCUT2D eigenvalue weighted by Gasteiger charge is 2.10. The maximum Gasteiger partial charge on any atom is 0.240 e. The van der Waals surface area contributed by atoms with Crippen molar-refractivity contribution in [3.8, 4) is 0 Å². The Labute approximate surface area is 172 Å². The minimum absolute atomic E-state index is 0. The molecule has 0 saturated carbocycles. The molecule has 0 radical (unpaired) electrons. The molecule has 8 heteroatoms. The zero-order valence-corrected chi connectivity index (χ0v) is 18.2. The monoisotopic (exact) mass is 488 g/mol. The molecule has 0 bridgehead atoms. The van der Waals surface area contributed by atoms with E-state index in [1.54, 1.807) is 24.3 Å². The summed E-state index contributed by atoms with van der Waals surface area (Å²) in [6.07, 6.45) is 0. The van der Waals surface area contributed by atoms with Crippen LogP contribution >= 0.6 is 24.0 Å². The zero-order valence-electron chi connectivity index (χ0n) is 15.1. The molecule has 0 unspecified atom stereocenters. The minimum Gasteiger partial charge on any atom is -0.370 e. The molecule has 0 spiro atoms. The van der Waals surface area contributed by atoms with Gasteiger partial charge in [0.1, 0.15) is 0 Å². The first-order valence-corrected chi connectivity index (χ1v) is 9.49. The van der Waals surface area contributed by atoms with E-state index in [0.29, 0.717) is 18.4 Å². The van der Waals surface area contributed by atoms with Crippen LogP contribution in [0.4, 0.5) is 5.69 Å². The van der Waals surface area contributed by atoms with E-state index < -0.39 is 10.0 Å². The normalized spacial score (nSPS) is 11.9. The van der Waals surface area contributed by atoms with E-state index in [4.69, 9.17) is 5.73 Å². The van der Waals surface area contributed by atoms with Crippen molar-refractivity contribution in [1.29, 1.82) is 0 Å². The highest BCUT2D eigenvalue weighted by Crippen LogP contribution is 2.18. The van der Waals surface area contributed by atoms with Gasteiger partial charge >= 0.3 is 0 Å². The van der Waals surface area contributed by atoms with E-state index in [9.17, 15) is 8.42 Å². The predicted molar refractivity (Wildman–Crippen MR) is 118 cm³/mol. The average Bonchev–Trinajstić information content (AvgIpc) is 2.60. The van der Waals surface area contributed by atoms with Crippen LogP contribution in [0.25, 0.3) is 0 Å². The smallest absolute Gasteiger partial charge is 0.240 e. The molecule has 6 nitrogen and oxygen atoms in total. The fraction of sp³-hybridized carbons (Fsp3) is 0.278. The van der Waals surface area contributed by atoms with E-state index in [0.717, 1.165) is 11.3 Å². The quantitative estimate of drug-likeness (QED) is 0.331. The first-order chi connectivity index (χ1) is 11.8. The summed E-state index contributed by atoms with van der Waals surface area (Å²) in [5.74, 6) is 0.750. The Bertz CT molecular complexity index is 850. The van der Waals surface area contributed by atoms with Gasteiger partial charge in [0.15, 0.2) is 5.96 Å². The van der Waals surface area contributed by atoms with Crippen molar-refractivity contribution < 1.29 is 8.42 Å². The zero-order chi connectivity index (χ0) is 18.4. The van der Waals surface area contributed by atoms with Crippen LogP contribution in [-0.2, 0) is 16.6 Å². The van der Waals surface area contributed by atoms with Crippen molar-refractivity contribution in [2.45, 2.75) is 31.2 Å². The van der Waals surface area contributed by atoms with E-state index >= 15 is 0 Å². The van der Waals surface area contributed by atoms with Crippen LogP contribution < -0.4 is 15.8 Å². The Kier molecular flexibility index (Phi) is 8.51. The molecule has 0 aromatic heterocycles. The SMILES string of the molecule is CNS(=O)(=O)c1ccc(CN=C(N)Nc2cccc(C(C)C)c2)cc1.I. The van der Waals surface area contributed by atoms with Crippen molar-refractivity contribution in [1.82, 2.24) is 4.72 Å². The van der Waals surface area contributed by atoms with E-state index in [2.05, 4.69) is 34.9 Å². The molecule has 2 aromatic carbocycles. The van der Waals surface area contributed by atoms with Gasteiger partial charge in [0.05, 0.1) is 11.4 Å². The van der Waals surface area contributed by atoms with E-state index in [1.807, 2.05) is 18.2 Å². The molecule has 4 N–H and O–H groups in total. The predicted octanol–water partition coefficient (Wildman–Crippen LogP) is 3.26. The summed E-state index contributed by atoms with van der Waals surface area (Å²) in [6, 6.07) is 14.6. The topological polar surface area (TPSA) is 96.6 Å². The van der Waals surface area contributed by atoms with Crippen LogP contribution in [0.1, 0.15) is 30.9 Å². The number of hydrogen-bond donors (Lipinski definition) is 3. The highest BCUT2D eigenvalue weighted by molar-refractivity contribution is 14.0. The molecule has 142 valence electrons. The second kappa shape index (κ2) is 9.89. The number of nitrogens with zero attached hydrogens (tertiary/aromatic N) is 1. The number of benzene rings is 2. The number of aliphatic imine (C=N–C) groups is 1. The standard InChI is InChI=1S/C18H24N4O2S.HI/c1-13(2)15-5-4-6-16(11-15)22-18(19)21-12-14-7-9-17(10-8-14)25(23,24)20-3;/h4-11,13,20H,12H2,1-3H3,(H3,19,21,22);1H. The third kappa shape index (κ3) is 6.26. The van der Waals surface area contributed by atoms with Crippen LogP contribution in [0.3, 0.4) is 0 Å². The summed E-state index contributed by atoms with van der Waals surface area (Å²) < 4.78 is 25.7. The third-order valence-corrected chi connectivity index (χ3v) is 5.19. The van der Waals surface area contributed by atoms with Gasteiger partial charge in [-0.15, -0.1) is 24.0 Å². The minimum atomic E-state index is -3.42. The Morgan fingerprint density at radius 3 is 2.38 bits per heavy atom. The molecule has 0 heterocycles. The molecule has 0 fully saturated rings. The molecule has 0 aliphatic rings. The van der Waals surface area contributed by atoms with Gasteiger partial charge in [-0.1, -0.05) is 38.1 Å². The number of halogens is 1. The van der Waals surface area contributed by atoms with Crippen molar-refractivity contribution in [2.75, 3.05) is 12.4 Å². The third-order valence-electron chi connectivity index (χ3n) is 3.76. The Hall–Kier alpha value is -1.65. The number of nitrogens with two attached hydrogens (primary N) is 1. The maximum atomic E-state index is 11.7. The number of guanidine groups is 1. The van der Waals surface area contributed by atoms with Crippen molar-refractivity contribution >= 4 is 45.6 Å². The lowest BCUT2D eigenvalue weighted by molar-refractivity contribution is 0.588. The fourth-order valence-corrected chi connectivity index (χ4v) is 2.96. The molecule has 0 saturated heterocycles. The molecule has 0 aliphatic heterocycles. The fourth-order valence-electron chi connectivity index (χ4n) is 2.23. The lowest BCUT2D eigenvalue weighted by Crippen LogP contribution is -2.22. The molecule has 2 rings (SSSR count). The summed E-state index contributed by atoms with van der Waals surface area (Å²) in [7, 11) is -2.04. The average molecular weight is 488 g/mol. The van der Waals surface area contributed by atoms with Gasteiger partial charge in [-0.05, 0) is 48.4 Å². The van der Waals surface area contributed by atoms with Gasteiger partial charge in [0.25, 0.3) is 0 Å². The van der Waals surface area contributed by atoms with Crippen molar-refractivity contribution in [3.63, 3.8) is 0 Å². The van der Waals surface area contributed by atoms with Crippen LogP contribution in [0.2, 0.25) is 0 Å². The molecule has 26 heavy (non-hydrogen) atoms. The summed E-state index contributed by atoms with van der Waals surface area (Å²) in [5, 5.41) is 3.07. The number of anilines is 1. The second-order valence-electron chi connectivity index (χ2n) is 5.96. The van der Waals surface area contributed by atoms with E-state index in [-0.39, 0.29) is 28.9 Å².